The van der Waals surface area contributed by atoms with Crippen molar-refractivity contribution in [1.82, 2.24) is 19.8 Å². The first-order valence-electron chi connectivity index (χ1n) is 6.17. The highest BCUT2D eigenvalue weighted by molar-refractivity contribution is 6.30. The lowest BCUT2D eigenvalue weighted by Crippen LogP contribution is -2.03. The molecule has 102 valence electrons. The molecule has 0 spiro atoms. The average molecular weight is 291 g/mol. The van der Waals surface area contributed by atoms with Gasteiger partial charge in [-0.2, -0.15) is 9.61 Å². The van der Waals surface area contributed by atoms with E-state index in [2.05, 4.69) is 15.3 Å². The maximum atomic E-state index is 13.2. The van der Waals surface area contributed by atoms with Crippen molar-refractivity contribution in [2.45, 2.75) is 20.3 Å². The van der Waals surface area contributed by atoms with Gasteiger partial charge in [-0.3, -0.25) is 0 Å². The highest BCUT2D eigenvalue weighted by atomic mass is 35.5. The molecule has 2 aromatic heterocycles. The standard InChI is InChI=1S/C14H12ClFN4/c1-8-9(2)14-18-17-12(20(14)19-13(8)15)7-10-4-3-5-11(16)6-10/h3-6H,7H2,1-2H3. The third kappa shape index (κ3) is 2.14. The Bertz CT molecular complexity index is 797. The molecule has 0 fully saturated rings. The monoisotopic (exact) mass is 290 g/mol. The zero-order valence-electron chi connectivity index (χ0n) is 11.1. The van der Waals surface area contributed by atoms with Crippen LogP contribution in [-0.2, 0) is 6.42 Å². The number of aromatic nitrogens is 4. The Balaban J connectivity index is 2.09. The smallest absolute Gasteiger partial charge is 0.181 e. The van der Waals surface area contributed by atoms with Crippen LogP contribution in [0.5, 0.6) is 0 Å². The molecule has 3 rings (SSSR count). The summed E-state index contributed by atoms with van der Waals surface area (Å²) in [4.78, 5) is 0. The van der Waals surface area contributed by atoms with E-state index in [1.165, 1.54) is 12.1 Å². The molecule has 0 saturated carbocycles. The summed E-state index contributed by atoms with van der Waals surface area (Å²) in [5.74, 6) is 0.366. The zero-order chi connectivity index (χ0) is 14.3. The molecule has 0 unspecified atom stereocenters. The van der Waals surface area contributed by atoms with Crippen LogP contribution in [0.2, 0.25) is 5.15 Å². The summed E-state index contributed by atoms with van der Waals surface area (Å²) in [7, 11) is 0. The van der Waals surface area contributed by atoms with Gasteiger partial charge in [-0.15, -0.1) is 10.2 Å². The van der Waals surface area contributed by atoms with E-state index in [0.717, 1.165) is 16.7 Å². The molecule has 0 aliphatic carbocycles. The van der Waals surface area contributed by atoms with Gasteiger partial charge in [-0.1, -0.05) is 23.7 Å². The topological polar surface area (TPSA) is 43.1 Å². The SMILES string of the molecule is Cc1c(Cl)nn2c(Cc3cccc(F)c3)nnc2c1C. The van der Waals surface area contributed by atoms with Crippen molar-refractivity contribution in [3.63, 3.8) is 0 Å². The van der Waals surface area contributed by atoms with E-state index in [1.54, 1.807) is 10.6 Å². The predicted octanol–water partition coefficient (Wildman–Crippen LogP) is 3.12. The Hall–Kier alpha value is -2.01. The highest BCUT2D eigenvalue weighted by Crippen LogP contribution is 2.20. The van der Waals surface area contributed by atoms with Crippen LogP contribution in [0, 0.1) is 19.7 Å². The molecule has 0 bridgehead atoms. The Morgan fingerprint density at radius 1 is 1.20 bits per heavy atom. The molecular weight excluding hydrogens is 279 g/mol. The van der Waals surface area contributed by atoms with E-state index >= 15 is 0 Å². The average Bonchev–Trinajstić information content (AvgIpc) is 2.79. The first-order chi connectivity index (χ1) is 9.56. The van der Waals surface area contributed by atoms with Gasteiger partial charge in [0.1, 0.15) is 5.82 Å². The fourth-order valence-electron chi connectivity index (χ4n) is 2.08. The summed E-state index contributed by atoms with van der Waals surface area (Å²) in [6.07, 6.45) is 0.449. The first-order valence-corrected chi connectivity index (χ1v) is 6.55. The lowest BCUT2D eigenvalue weighted by atomic mass is 10.1. The molecule has 0 saturated heterocycles. The van der Waals surface area contributed by atoms with Crippen LogP contribution >= 0.6 is 11.6 Å². The lowest BCUT2D eigenvalue weighted by Gasteiger charge is -2.05. The number of hydrogen-bond donors (Lipinski definition) is 0. The Kier molecular flexibility index (Phi) is 3.14. The van der Waals surface area contributed by atoms with Crippen LogP contribution in [0.25, 0.3) is 5.65 Å². The lowest BCUT2D eigenvalue weighted by molar-refractivity contribution is 0.625. The Morgan fingerprint density at radius 2 is 2.00 bits per heavy atom. The van der Waals surface area contributed by atoms with Crippen molar-refractivity contribution < 1.29 is 4.39 Å². The van der Waals surface area contributed by atoms with Gasteiger partial charge in [0.05, 0.1) is 0 Å². The fourth-order valence-corrected chi connectivity index (χ4v) is 2.29. The second kappa shape index (κ2) is 4.83. The largest absolute Gasteiger partial charge is 0.207 e. The molecule has 0 amide bonds. The number of fused-ring (bicyclic) bond motifs is 1. The number of aryl methyl sites for hydroxylation is 1. The number of benzene rings is 1. The van der Waals surface area contributed by atoms with E-state index in [1.807, 2.05) is 19.9 Å². The molecule has 0 atom stereocenters. The van der Waals surface area contributed by atoms with Crippen LogP contribution in [-0.4, -0.2) is 19.8 Å². The van der Waals surface area contributed by atoms with Gasteiger partial charge in [-0.05, 0) is 37.1 Å². The summed E-state index contributed by atoms with van der Waals surface area (Å²) in [5.41, 5.74) is 3.33. The van der Waals surface area contributed by atoms with Gasteiger partial charge in [0.25, 0.3) is 0 Å². The molecule has 0 aliphatic heterocycles. The number of halogens is 2. The number of hydrogen-bond acceptors (Lipinski definition) is 3. The third-order valence-electron chi connectivity index (χ3n) is 3.35. The van der Waals surface area contributed by atoms with Crippen LogP contribution < -0.4 is 0 Å². The van der Waals surface area contributed by atoms with Crippen LogP contribution in [0.15, 0.2) is 24.3 Å². The molecule has 2 heterocycles. The summed E-state index contributed by atoms with van der Waals surface area (Å²) in [6, 6.07) is 6.40. The van der Waals surface area contributed by atoms with Crippen molar-refractivity contribution in [2.75, 3.05) is 0 Å². The fraction of sp³-hybridized carbons (Fsp3) is 0.214. The number of rotatable bonds is 2. The van der Waals surface area contributed by atoms with E-state index in [-0.39, 0.29) is 5.82 Å². The minimum absolute atomic E-state index is 0.269. The van der Waals surface area contributed by atoms with Gasteiger partial charge in [0, 0.05) is 12.0 Å². The van der Waals surface area contributed by atoms with Gasteiger partial charge < -0.3 is 0 Å². The molecule has 0 N–H and O–H groups in total. The maximum Gasteiger partial charge on any atom is 0.181 e. The van der Waals surface area contributed by atoms with Crippen LogP contribution in [0.1, 0.15) is 22.5 Å². The van der Waals surface area contributed by atoms with Crippen molar-refractivity contribution in [2.24, 2.45) is 0 Å². The quantitative estimate of drug-likeness (QED) is 0.728. The van der Waals surface area contributed by atoms with E-state index in [9.17, 15) is 4.39 Å². The normalized spacial score (nSPS) is 11.2. The van der Waals surface area contributed by atoms with Gasteiger partial charge >= 0.3 is 0 Å². The predicted molar refractivity (Wildman–Crippen MR) is 74.5 cm³/mol. The van der Waals surface area contributed by atoms with Crippen LogP contribution in [0.4, 0.5) is 4.39 Å². The second-order valence-electron chi connectivity index (χ2n) is 4.70. The van der Waals surface area contributed by atoms with Crippen molar-refractivity contribution >= 4 is 17.2 Å². The zero-order valence-corrected chi connectivity index (χ0v) is 11.8. The Labute approximate surface area is 120 Å². The van der Waals surface area contributed by atoms with Gasteiger partial charge in [0.15, 0.2) is 16.6 Å². The summed E-state index contributed by atoms with van der Waals surface area (Å²) in [5, 5.41) is 13.0. The summed E-state index contributed by atoms with van der Waals surface area (Å²) < 4.78 is 14.8. The van der Waals surface area contributed by atoms with E-state index in [4.69, 9.17) is 11.6 Å². The molecular formula is C14H12ClFN4. The molecule has 0 aliphatic rings. The minimum Gasteiger partial charge on any atom is -0.207 e. The summed E-state index contributed by atoms with van der Waals surface area (Å²) in [6.45, 7) is 3.82. The molecule has 3 aromatic rings. The van der Waals surface area contributed by atoms with Crippen molar-refractivity contribution in [3.8, 4) is 0 Å². The van der Waals surface area contributed by atoms with Crippen LogP contribution in [0.3, 0.4) is 0 Å². The van der Waals surface area contributed by atoms with Gasteiger partial charge in [-0.25, -0.2) is 4.39 Å². The molecule has 4 nitrogen and oxygen atoms in total. The van der Waals surface area contributed by atoms with Crippen molar-refractivity contribution in [3.05, 3.63) is 57.8 Å². The van der Waals surface area contributed by atoms with Crippen molar-refractivity contribution in [1.29, 1.82) is 0 Å². The molecule has 1 aromatic carbocycles. The summed E-state index contributed by atoms with van der Waals surface area (Å²) >= 11 is 6.10. The van der Waals surface area contributed by atoms with E-state index in [0.29, 0.717) is 23.0 Å². The van der Waals surface area contributed by atoms with Gasteiger partial charge in [0.2, 0.25) is 0 Å². The van der Waals surface area contributed by atoms with E-state index < -0.39 is 0 Å². The molecule has 6 heteroatoms. The highest BCUT2D eigenvalue weighted by Gasteiger charge is 2.13. The third-order valence-corrected chi connectivity index (χ3v) is 3.71. The minimum atomic E-state index is -0.269. The molecule has 0 radical (unpaired) electrons. The molecule has 20 heavy (non-hydrogen) atoms. The first kappa shape index (κ1) is 13.0. The number of nitrogens with zero attached hydrogens (tertiary/aromatic N) is 4. The Morgan fingerprint density at radius 3 is 2.75 bits per heavy atom. The second-order valence-corrected chi connectivity index (χ2v) is 5.06. The maximum absolute atomic E-state index is 13.2.